The molecule has 0 amide bonds. The lowest BCUT2D eigenvalue weighted by atomic mass is 9.77. The molecule has 1 heteroatoms. The van der Waals surface area contributed by atoms with Crippen LogP contribution in [0.1, 0.15) is 49.9 Å². The smallest absolute Gasteiger partial charge is 0.0178 e. The van der Waals surface area contributed by atoms with Gasteiger partial charge in [-0.3, -0.25) is 0 Å². The van der Waals surface area contributed by atoms with Crippen LogP contribution >= 0.6 is 15.9 Å². The highest BCUT2D eigenvalue weighted by molar-refractivity contribution is 9.10. The lowest BCUT2D eigenvalue weighted by molar-refractivity contribution is 0.647. The molecule has 0 bridgehead atoms. The van der Waals surface area contributed by atoms with E-state index in [0.717, 1.165) is 4.47 Å². The molecular weight excluding hydrogens is 368 g/mol. The molecule has 0 heterocycles. The molecule has 25 heavy (non-hydrogen) atoms. The lowest BCUT2D eigenvalue weighted by Gasteiger charge is -2.26. The molecular formula is C24H21Br. The minimum Gasteiger partial charge on any atom is -0.0619 e. The van der Waals surface area contributed by atoms with Crippen LogP contribution in [0.25, 0.3) is 22.3 Å². The Balaban J connectivity index is 1.93. The van der Waals surface area contributed by atoms with Gasteiger partial charge in [0.25, 0.3) is 0 Å². The van der Waals surface area contributed by atoms with Crippen molar-refractivity contribution in [1.82, 2.24) is 0 Å². The van der Waals surface area contributed by atoms with Crippen LogP contribution in [-0.4, -0.2) is 0 Å². The Kier molecular flexibility index (Phi) is 2.86. The van der Waals surface area contributed by atoms with E-state index in [0.29, 0.717) is 0 Å². The molecule has 0 saturated carbocycles. The van der Waals surface area contributed by atoms with Gasteiger partial charge in [-0.05, 0) is 56.6 Å². The third-order valence-electron chi connectivity index (χ3n) is 6.32. The van der Waals surface area contributed by atoms with Crippen LogP contribution in [-0.2, 0) is 10.8 Å². The maximum atomic E-state index is 3.67. The molecule has 0 nitrogen and oxygen atoms in total. The largest absolute Gasteiger partial charge is 0.0619 e. The fourth-order valence-corrected chi connectivity index (χ4v) is 5.43. The average Bonchev–Trinajstić information content (AvgIpc) is 2.95. The van der Waals surface area contributed by atoms with Crippen LogP contribution in [0.2, 0.25) is 0 Å². The molecule has 3 aromatic carbocycles. The zero-order chi connectivity index (χ0) is 17.6. The number of fused-ring (bicyclic) bond motifs is 7. The second-order valence-corrected chi connectivity index (χ2v) is 9.31. The number of hydrogen-bond acceptors (Lipinski definition) is 0. The zero-order valence-electron chi connectivity index (χ0n) is 15.1. The van der Waals surface area contributed by atoms with Gasteiger partial charge >= 0.3 is 0 Å². The maximum absolute atomic E-state index is 3.67. The van der Waals surface area contributed by atoms with E-state index in [1.54, 1.807) is 0 Å². The Morgan fingerprint density at radius 2 is 1.36 bits per heavy atom. The SMILES string of the molecule is CC1(C)c2cc(Br)ccc2-c2c1ccc1c2C(C)(C)c2ccccc2-1. The van der Waals surface area contributed by atoms with Gasteiger partial charge in [0.1, 0.15) is 0 Å². The molecule has 2 aliphatic rings. The quantitative estimate of drug-likeness (QED) is 0.386. The van der Waals surface area contributed by atoms with Crippen molar-refractivity contribution in [3.8, 4) is 22.3 Å². The van der Waals surface area contributed by atoms with Gasteiger partial charge in [-0.1, -0.05) is 86.1 Å². The van der Waals surface area contributed by atoms with Crippen molar-refractivity contribution in [2.75, 3.05) is 0 Å². The van der Waals surface area contributed by atoms with Crippen molar-refractivity contribution < 1.29 is 0 Å². The monoisotopic (exact) mass is 388 g/mol. The van der Waals surface area contributed by atoms with Crippen molar-refractivity contribution >= 4 is 15.9 Å². The molecule has 2 aliphatic carbocycles. The highest BCUT2D eigenvalue weighted by Crippen LogP contribution is 2.58. The Hall–Kier alpha value is -1.86. The van der Waals surface area contributed by atoms with Crippen LogP contribution in [0.15, 0.2) is 59.1 Å². The summed E-state index contributed by atoms with van der Waals surface area (Å²) in [6.45, 7) is 9.46. The number of halogens is 1. The van der Waals surface area contributed by atoms with Gasteiger partial charge < -0.3 is 0 Å². The maximum Gasteiger partial charge on any atom is 0.0178 e. The second-order valence-electron chi connectivity index (χ2n) is 8.40. The summed E-state index contributed by atoms with van der Waals surface area (Å²) in [5.74, 6) is 0. The molecule has 3 aromatic rings. The number of rotatable bonds is 0. The summed E-state index contributed by atoms with van der Waals surface area (Å²) in [7, 11) is 0. The van der Waals surface area contributed by atoms with Gasteiger partial charge in [0.15, 0.2) is 0 Å². The van der Waals surface area contributed by atoms with E-state index in [-0.39, 0.29) is 10.8 Å². The van der Waals surface area contributed by atoms with Crippen LogP contribution in [0.4, 0.5) is 0 Å². The molecule has 5 rings (SSSR count). The van der Waals surface area contributed by atoms with Crippen molar-refractivity contribution in [3.05, 3.63) is 81.3 Å². The van der Waals surface area contributed by atoms with Gasteiger partial charge in [-0.2, -0.15) is 0 Å². The third kappa shape index (κ3) is 1.77. The minimum atomic E-state index is 0.0298. The summed E-state index contributed by atoms with van der Waals surface area (Å²) in [6, 6.07) is 20.4. The molecule has 0 spiro atoms. The predicted molar refractivity (Wildman–Crippen MR) is 109 cm³/mol. The Morgan fingerprint density at radius 3 is 2.16 bits per heavy atom. The lowest BCUT2D eigenvalue weighted by Crippen LogP contribution is -2.18. The molecule has 0 radical (unpaired) electrons. The Bertz CT molecular complexity index is 1050. The van der Waals surface area contributed by atoms with Crippen molar-refractivity contribution in [2.24, 2.45) is 0 Å². The highest BCUT2D eigenvalue weighted by atomic mass is 79.9. The van der Waals surface area contributed by atoms with E-state index in [2.05, 4.69) is 98.2 Å². The number of benzene rings is 3. The third-order valence-corrected chi connectivity index (χ3v) is 6.81. The van der Waals surface area contributed by atoms with E-state index in [1.807, 2.05) is 0 Å². The van der Waals surface area contributed by atoms with Crippen molar-refractivity contribution in [3.63, 3.8) is 0 Å². The standard InChI is InChI=1S/C24H21Br/c1-23(2)19-12-11-16-15-7-5-6-8-18(15)24(3,4)22(16)21(19)17-10-9-14(25)13-20(17)23/h5-13H,1-4H3. The Labute approximate surface area is 158 Å². The summed E-state index contributed by atoms with van der Waals surface area (Å²) in [6.07, 6.45) is 0. The van der Waals surface area contributed by atoms with E-state index < -0.39 is 0 Å². The van der Waals surface area contributed by atoms with Crippen LogP contribution in [0.5, 0.6) is 0 Å². The molecule has 0 atom stereocenters. The van der Waals surface area contributed by atoms with E-state index in [4.69, 9.17) is 0 Å². The first-order valence-corrected chi connectivity index (χ1v) is 9.71. The molecule has 124 valence electrons. The van der Waals surface area contributed by atoms with Gasteiger partial charge in [0, 0.05) is 15.3 Å². The van der Waals surface area contributed by atoms with E-state index >= 15 is 0 Å². The average molecular weight is 389 g/mol. The van der Waals surface area contributed by atoms with Crippen LogP contribution in [0, 0.1) is 0 Å². The van der Waals surface area contributed by atoms with Crippen LogP contribution in [0.3, 0.4) is 0 Å². The molecule has 0 fully saturated rings. The summed E-state index contributed by atoms with van der Waals surface area (Å²) < 4.78 is 1.16. The summed E-state index contributed by atoms with van der Waals surface area (Å²) in [5, 5.41) is 0. The summed E-state index contributed by atoms with van der Waals surface area (Å²) in [4.78, 5) is 0. The molecule has 0 unspecified atom stereocenters. The number of hydrogen-bond donors (Lipinski definition) is 0. The zero-order valence-corrected chi connectivity index (χ0v) is 16.7. The van der Waals surface area contributed by atoms with Crippen molar-refractivity contribution in [1.29, 1.82) is 0 Å². The first kappa shape index (κ1) is 15.4. The van der Waals surface area contributed by atoms with Gasteiger partial charge in [-0.15, -0.1) is 0 Å². The fraction of sp³-hybridized carbons (Fsp3) is 0.250. The van der Waals surface area contributed by atoms with Crippen LogP contribution < -0.4 is 0 Å². The van der Waals surface area contributed by atoms with Gasteiger partial charge in [0.05, 0.1) is 0 Å². The molecule has 0 aromatic heterocycles. The fourth-order valence-electron chi connectivity index (χ4n) is 5.07. The molecule has 0 N–H and O–H groups in total. The van der Waals surface area contributed by atoms with E-state index in [1.165, 1.54) is 44.5 Å². The van der Waals surface area contributed by atoms with Crippen molar-refractivity contribution in [2.45, 2.75) is 38.5 Å². The summed E-state index contributed by atoms with van der Waals surface area (Å²) in [5.41, 5.74) is 11.6. The Morgan fingerprint density at radius 1 is 0.640 bits per heavy atom. The topological polar surface area (TPSA) is 0 Å². The summed E-state index contributed by atoms with van der Waals surface area (Å²) >= 11 is 3.67. The molecule has 0 aliphatic heterocycles. The first-order valence-electron chi connectivity index (χ1n) is 8.92. The van der Waals surface area contributed by atoms with Gasteiger partial charge in [0.2, 0.25) is 0 Å². The highest BCUT2D eigenvalue weighted by Gasteiger charge is 2.44. The van der Waals surface area contributed by atoms with E-state index in [9.17, 15) is 0 Å². The van der Waals surface area contributed by atoms with Gasteiger partial charge in [-0.25, -0.2) is 0 Å². The minimum absolute atomic E-state index is 0.0298. The predicted octanol–water partition coefficient (Wildman–Crippen LogP) is 7.06. The normalized spacial score (nSPS) is 17.6. The molecule has 0 saturated heterocycles. The second kappa shape index (κ2) is 4.65. The first-order chi connectivity index (χ1) is 11.8.